The molecule has 0 unspecified atom stereocenters. The summed E-state index contributed by atoms with van der Waals surface area (Å²) in [6.45, 7) is 5.41. The van der Waals surface area contributed by atoms with Gasteiger partial charge in [0.2, 0.25) is 5.91 Å². The first-order valence-corrected chi connectivity index (χ1v) is 8.93. The normalized spacial score (nSPS) is 15.5. The molecular formula is C17H35IN4O2. The first-order chi connectivity index (χ1) is 11.1. The van der Waals surface area contributed by atoms with Gasteiger partial charge in [0.05, 0.1) is 0 Å². The van der Waals surface area contributed by atoms with Crippen LogP contribution in [0.2, 0.25) is 0 Å². The maximum atomic E-state index is 11.7. The van der Waals surface area contributed by atoms with Crippen LogP contribution in [0.25, 0.3) is 0 Å². The topological polar surface area (TPSA) is 66.0 Å². The Hall–Kier alpha value is -0.570. The summed E-state index contributed by atoms with van der Waals surface area (Å²) in [6, 6.07) is 0. The molecule has 0 aromatic heterocycles. The number of ether oxygens (including phenoxy) is 1. The molecule has 0 aromatic rings. The number of carbonyl (C=O) groups is 1. The molecule has 142 valence electrons. The van der Waals surface area contributed by atoms with Crippen LogP contribution in [-0.2, 0) is 9.53 Å². The molecule has 1 fully saturated rings. The van der Waals surface area contributed by atoms with Crippen molar-refractivity contribution in [2.45, 2.75) is 45.4 Å². The summed E-state index contributed by atoms with van der Waals surface area (Å²) in [7, 11) is 3.50. The zero-order valence-electron chi connectivity index (χ0n) is 15.5. The van der Waals surface area contributed by atoms with Gasteiger partial charge in [-0.15, -0.1) is 24.0 Å². The van der Waals surface area contributed by atoms with E-state index in [1.54, 1.807) is 19.0 Å². The Kier molecular flexibility index (Phi) is 14.4. The molecule has 0 saturated heterocycles. The largest absolute Gasteiger partial charge is 0.382 e. The predicted molar refractivity (Wildman–Crippen MR) is 110 cm³/mol. The Bertz CT molecular complexity index is 358. The fourth-order valence-electron chi connectivity index (χ4n) is 2.62. The molecule has 0 radical (unpaired) electrons. The van der Waals surface area contributed by atoms with Gasteiger partial charge in [0.25, 0.3) is 0 Å². The second-order valence-corrected chi connectivity index (χ2v) is 6.32. The molecule has 0 atom stereocenters. The number of hydrogen-bond acceptors (Lipinski definition) is 3. The molecule has 0 bridgehead atoms. The number of aliphatic imine (C=N–C) groups is 1. The van der Waals surface area contributed by atoms with Gasteiger partial charge in [-0.05, 0) is 32.1 Å². The Labute approximate surface area is 164 Å². The standard InChI is InChI=1S/C17H34N4O2.HI/c1-4-23-12-8-11-18-17(20-14-16(22)21(2)3)19-13-15-9-6-5-7-10-15;/h15H,4-14H2,1-3H3,(H2,18,19,20);1H. The number of hydrogen-bond donors (Lipinski definition) is 2. The van der Waals surface area contributed by atoms with Crippen molar-refractivity contribution in [3.05, 3.63) is 0 Å². The number of nitrogens with zero attached hydrogens (tertiary/aromatic N) is 2. The zero-order valence-corrected chi connectivity index (χ0v) is 17.8. The molecule has 0 aliphatic heterocycles. The lowest BCUT2D eigenvalue weighted by Crippen LogP contribution is -2.41. The highest BCUT2D eigenvalue weighted by Gasteiger charge is 2.14. The molecule has 7 heteroatoms. The lowest BCUT2D eigenvalue weighted by Gasteiger charge is -2.23. The Morgan fingerprint density at radius 1 is 1.21 bits per heavy atom. The summed E-state index contributed by atoms with van der Waals surface area (Å²) in [5, 5.41) is 6.70. The van der Waals surface area contributed by atoms with Crippen LogP contribution in [0.3, 0.4) is 0 Å². The van der Waals surface area contributed by atoms with Crippen LogP contribution in [0.4, 0.5) is 0 Å². The molecular weight excluding hydrogens is 419 g/mol. The number of rotatable bonds is 9. The first-order valence-electron chi connectivity index (χ1n) is 8.93. The Balaban J connectivity index is 0.00000529. The van der Waals surface area contributed by atoms with Crippen molar-refractivity contribution in [1.82, 2.24) is 15.5 Å². The molecule has 1 amide bonds. The molecule has 1 saturated carbocycles. The van der Waals surface area contributed by atoms with Gasteiger partial charge in [0.15, 0.2) is 5.96 Å². The summed E-state index contributed by atoms with van der Waals surface area (Å²) in [6.07, 6.45) is 7.55. The van der Waals surface area contributed by atoms with Crippen molar-refractivity contribution in [2.24, 2.45) is 10.9 Å². The van der Waals surface area contributed by atoms with E-state index in [1.807, 2.05) is 6.92 Å². The third kappa shape index (κ3) is 11.1. The minimum atomic E-state index is 0. The first kappa shape index (κ1) is 23.4. The Morgan fingerprint density at radius 2 is 1.92 bits per heavy atom. The lowest BCUT2D eigenvalue weighted by atomic mass is 9.89. The summed E-state index contributed by atoms with van der Waals surface area (Å²) < 4.78 is 5.34. The van der Waals surface area contributed by atoms with Gasteiger partial charge in [0.1, 0.15) is 6.54 Å². The average Bonchev–Trinajstić information content (AvgIpc) is 2.56. The third-order valence-corrected chi connectivity index (χ3v) is 4.12. The average molecular weight is 454 g/mol. The van der Waals surface area contributed by atoms with Crippen molar-refractivity contribution in [3.8, 4) is 0 Å². The van der Waals surface area contributed by atoms with E-state index in [2.05, 4.69) is 15.6 Å². The van der Waals surface area contributed by atoms with Crippen molar-refractivity contribution >= 4 is 35.8 Å². The number of amides is 1. The van der Waals surface area contributed by atoms with Gasteiger partial charge in [0, 0.05) is 40.4 Å². The monoisotopic (exact) mass is 454 g/mol. The van der Waals surface area contributed by atoms with Gasteiger partial charge in [-0.25, -0.2) is 4.99 Å². The highest BCUT2D eigenvalue weighted by atomic mass is 127. The minimum Gasteiger partial charge on any atom is -0.382 e. The SMILES string of the molecule is CCOCCCNC(=NCC(=O)N(C)C)NCC1CCCCC1.I. The molecule has 1 rings (SSSR count). The van der Waals surface area contributed by atoms with Gasteiger partial charge in [-0.1, -0.05) is 19.3 Å². The van der Waals surface area contributed by atoms with E-state index in [0.29, 0.717) is 0 Å². The second kappa shape index (κ2) is 14.7. The van der Waals surface area contributed by atoms with E-state index >= 15 is 0 Å². The minimum absolute atomic E-state index is 0. The van der Waals surface area contributed by atoms with Crippen LogP contribution in [0.5, 0.6) is 0 Å². The van der Waals surface area contributed by atoms with Crippen molar-refractivity contribution in [1.29, 1.82) is 0 Å². The van der Waals surface area contributed by atoms with E-state index in [0.717, 1.165) is 44.6 Å². The number of carbonyl (C=O) groups excluding carboxylic acids is 1. The van der Waals surface area contributed by atoms with Crippen LogP contribution in [0.1, 0.15) is 45.4 Å². The summed E-state index contributed by atoms with van der Waals surface area (Å²) in [4.78, 5) is 17.7. The van der Waals surface area contributed by atoms with Crippen molar-refractivity contribution < 1.29 is 9.53 Å². The molecule has 0 heterocycles. The van der Waals surface area contributed by atoms with Crippen LogP contribution in [0, 0.1) is 5.92 Å². The van der Waals surface area contributed by atoms with E-state index < -0.39 is 0 Å². The van der Waals surface area contributed by atoms with Gasteiger partial charge in [-0.2, -0.15) is 0 Å². The fourth-order valence-corrected chi connectivity index (χ4v) is 2.62. The molecule has 0 spiro atoms. The smallest absolute Gasteiger partial charge is 0.243 e. The molecule has 1 aliphatic carbocycles. The van der Waals surface area contributed by atoms with E-state index in [1.165, 1.54) is 32.1 Å². The molecule has 0 aromatic carbocycles. The molecule has 6 nitrogen and oxygen atoms in total. The maximum Gasteiger partial charge on any atom is 0.243 e. The zero-order chi connectivity index (χ0) is 16.9. The van der Waals surface area contributed by atoms with Crippen molar-refractivity contribution in [2.75, 3.05) is 46.9 Å². The highest BCUT2D eigenvalue weighted by Crippen LogP contribution is 2.22. The highest BCUT2D eigenvalue weighted by molar-refractivity contribution is 14.0. The number of nitrogens with one attached hydrogen (secondary N) is 2. The van der Waals surface area contributed by atoms with Crippen LogP contribution < -0.4 is 10.6 Å². The molecule has 24 heavy (non-hydrogen) atoms. The van der Waals surface area contributed by atoms with Crippen LogP contribution in [-0.4, -0.2) is 63.7 Å². The second-order valence-electron chi connectivity index (χ2n) is 6.32. The summed E-state index contributed by atoms with van der Waals surface area (Å²) in [5.41, 5.74) is 0. The van der Waals surface area contributed by atoms with Crippen LogP contribution in [0.15, 0.2) is 4.99 Å². The van der Waals surface area contributed by atoms with E-state index in [-0.39, 0.29) is 36.4 Å². The number of guanidine groups is 1. The summed E-state index contributed by atoms with van der Waals surface area (Å²) in [5.74, 6) is 1.48. The van der Waals surface area contributed by atoms with Gasteiger partial charge < -0.3 is 20.3 Å². The maximum absolute atomic E-state index is 11.7. The number of likely N-dealkylation sites (N-methyl/N-ethyl adjacent to an activating group) is 1. The Morgan fingerprint density at radius 3 is 2.54 bits per heavy atom. The lowest BCUT2D eigenvalue weighted by molar-refractivity contribution is -0.127. The van der Waals surface area contributed by atoms with Crippen molar-refractivity contribution in [3.63, 3.8) is 0 Å². The van der Waals surface area contributed by atoms with E-state index in [9.17, 15) is 4.79 Å². The number of halogens is 1. The predicted octanol–water partition coefficient (Wildman–Crippen LogP) is 2.23. The third-order valence-electron chi connectivity index (χ3n) is 4.12. The quantitative estimate of drug-likeness (QED) is 0.243. The van der Waals surface area contributed by atoms with E-state index in [4.69, 9.17) is 4.74 Å². The van der Waals surface area contributed by atoms with Gasteiger partial charge >= 0.3 is 0 Å². The fraction of sp³-hybridized carbons (Fsp3) is 0.882. The molecule has 1 aliphatic rings. The summed E-state index contributed by atoms with van der Waals surface area (Å²) >= 11 is 0. The molecule has 2 N–H and O–H groups in total. The van der Waals surface area contributed by atoms with Gasteiger partial charge in [-0.3, -0.25) is 4.79 Å². The van der Waals surface area contributed by atoms with Crippen LogP contribution >= 0.6 is 24.0 Å².